The highest BCUT2D eigenvalue weighted by atomic mass is 15.1. The Morgan fingerprint density at radius 2 is 1.73 bits per heavy atom. The van der Waals surface area contributed by atoms with E-state index in [4.69, 9.17) is 0 Å². The molecule has 0 amide bonds. The van der Waals surface area contributed by atoms with Gasteiger partial charge in [0.1, 0.15) is 0 Å². The van der Waals surface area contributed by atoms with E-state index in [9.17, 15) is 0 Å². The van der Waals surface area contributed by atoms with Crippen molar-refractivity contribution in [1.82, 2.24) is 10.2 Å². The SMILES string of the molecule is Cc1nnc(C(C)(C)C)c2c1C(C)(C)C2. The highest BCUT2D eigenvalue weighted by Gasteiger charge is 2.40. The number of aryl methyl sites for hydroxylation is 1. The van der Waals surface area contributed by atoms with Gasteiger partial charge >= 0.3 is 0 Å². The van der Waals surface area contributed by atoms with Crippen LogP contribution in [-0.2, 0) is 17.3 Å². The zero-order chi connectivity index (χ0) is 11.4. The summed E-state index contributed by atoms with van der Waals surface area (Å²) in [5.74, 6) is 0. The maximum atomic E-state index is 4.38. The van der Waals surface area contributed by atoms with Gasteiger partial charge in [0.05, 0.1) is 11.4 Å². The molecule has 0 aliphatic heterocycles. The number of nitrogens with zero attached hydrogens (tertiary/aromatic N) is 2. The van der Waals surface area contributed by atoms with E-state index in [0.717, 1.165) is 12.1 Å². The molecule has 0 atom stereocenters. The summed E-state index contributed by atoms with van der Waals surface area (Å²) in [6.07, 6.45) is 1.14. The third kappa shape index (κ3) is 1.47. The first kappa shape index (κ1) is 10.6. The lowest BCUT2D eigenvalue weighted by molar-refractivity contribution is 0.419. The van der Waals surface area contributed by atoms with E-state index < -0.39 is 0 Å². The molecule has 0 spiro atoms. The third-order valence-electron chi connectivity index (χ3n) is 3.26. The molecule has 82 valence electrons. The van der Waals surface area contributed by atoms with Gasteiger partial charge in [-0.15, -0.1) is 0 Å². The minimum Gasteiger partial charge on any atom is -0.155 e. The Kier molecular flexibility index (Phi) is 1.98. The number of rotatable bonds is 0. The molecule has 15 heavy (non-hydrogen) atoms. The fraction of sp³-hybridized carbons (Fsp3) is 0.692. The Hall–Kier alpha value is -0.920. The Labute approximate surface area is 92.1 Å². The summed E-state index contributed by atoms with van der Waals surface area (Å²) in [7, 11) is 0. The molecule has 2 heteroatoms. The molecule has 1 aliphatic carbocycles. The van der Waals surface area contributed by atoms with Crippen LogP contribution in [0.2, 0.25) is 0 Å². The molecular weight excluding hydrogens is 184 g/mol. The molecule has 1 aliphatic rings. The van der Waals surface area contributed by atoms with Gasteiger partial charge in [-0.25, -0.2) is 0 Å². The zero-order valence-corrected chi connectivity index (χ0v) is 10.6. The molecule has 0 fully saturated rings. The minimum atomic E-state index is 0.112. The second kappa shape index (κ2) is 2.81. The summed E-state index contributed by atoms with van der Waals surface area (Å²) in [5, 5.41) is 8.68. The maximum absolute atomic E-state index is 4.38. The smallest absolute Gasteiger partial charge is 0.0719 e. The fourth-order valence-corrected chi connectivity index (χ4v) is 2.67. The molecule has 2 nitrogen and oxygen atoms in total. The standard InChI is InChI=1S/C13H20N2/c1-8-10-9(7-13(10,5)6)11(15-14-8)12(2,3)4/h7H2,1-6H3. The Morgan fingerprint density at radius 1 is 1.13 bits per heavy atom. The summed E-state index contributed by atoms with van der Waals surface area (Å²) < 4.78 is 0. The fourth-order valence-electron chi connectivity index (χ4n) is 2.67. The van der Waals surface area contributed by atoms with Gasteiger partial charge in [-0.05, 0) is 29.9 Å². The average molecular weight is 204 g/mol. The minimum absolute atomic E-state index is 0.112. The van der Waals surface area contributed by atoms with Crippen LogP contribution in [0.15, 0.2) is 0 Å². The van der Waals surface area contributed by atoms with Crippen molar-refractivity contribution in [2.24, 2.45) is 0 Å². The first-order valence-electron chi connectivity index (χ1n) is 5.60. The molecule has 0 saturated carbocycles. The molecular formula is C13H20N2. The summed E-state index contributed by atoms with van der Waals surface area (Å²) in [4.78, 5) is 0. The van der Waals surface area contributed by atoms with Crippen LogP contribution in [0, 0.1) is 6.92 Å². The molecule has 2 rings (SSSR count). The third-order valence-corrected chi connectivity index (χ3v) is 3.26. The van der Waals surface area contributed by atoms with Crippen molar-refractivity contribution < 1.29 is 0 Å². The highest BCUT2D eigenvalue weighted by molar-refractivity contribution is 5.49. The lowest BCUT2D eigenvalue weighted by Crippen LogP contribution is -2.38. The normalized spacial score (nSPS) is 18.3. The molecule has 0 bridgehead atoms. The average Bonchev–Trinajstić information content (AvgIpc) is 1.98. The second-order valence-electron chi connectivity index (χ2n) is 6.30. The van der Waals surface area contributed by atoms with Crippen LogP contribution in [-0.4, -0.2) is 10.2 Å². The Bertz CT molecular complexity index is 411. The van der Waals surface area contributed by atoms with Gasteiger partial charge < -0.3 is 0 Å². The lowest BCUT2D eigenvalue weighted by Gasteiger charge is -2.41. The van der Waals surface area contributed by atoms with Gasteiger partial charge in [-0.1, -0.05) is 34.6 Å². The van der Waals surface area contributed by atoms with Gasteiger partial charge in [-0.2, -0.15) is 10.2 Å². The molecule has 0 N–H and O–H groups in total. The van der Waals surface area contributed by atoms with Crippen LogP contribution in [0.4, 0.5) is 0 Å². The lowest BCUT2D eigenvalue weighted by atomic mass is 9.63. The van der Waals surface area contributed by atoms with E-state index in [1.54, 1.807) is 0 Å². The summed E-state index contributed by atoms with van der Waals surface area (Å²) >= 11 is 0. The molecule has 0 radical (unpaired) electrons. The van der Waals surface area contributed by atoms with Gasteiger partial charge in [0.25, 0.3) is 0 Å². The van der Waals surface area contributed by atoms with E-state index in [2.05, 4.69) is 51.7 Å². The number of aromatic nitrogens is 2. The first-order chi connectivity index (χ1) is 6.73. The molecule has 0 unspecified atom stereocenters. The van der Waals surface area contributed by atoms with Crippen molar-refractivity contribution in [2.45, 2.75) is 58.8 Å². The summed E-state index contributed by atoms with van der Waals surface area (Å²) in [6, 6.07) is 0. The number of hydrogen-bond acceptors (Lipinski definition) is 2. The van der Waals surface area contributed by atoms with Crippen LogP contribution in [0.3, 0.4) is 0 Å². The Balaban J connectivity index is 2.62. The largest absolute Gasteiger partial charge is 0.155 e. The van der Waals surface area contributed by atoms with Crippen LogP contribution in [0.5, 0.6) is 0 Å². The van der Waals surface area contributed by atoms with Crippen molar-refractivity contribution in [1.29, 1.82) is 0 Å². The summed E-state index contributed by atoms with van der Waals surface area (Å²) in [6.45, 7) is 13.3. The molecule has 0 saturated heterocycles. The van der Waals surface area contributed by atoms with Gasteiger partial charge in [0.15, 0.2) is 0 Å². The monoisotopic (exact) mass is 204 g/mol. The number of fused-ring (bicyclic) bond motifs is 1. The molecule has 0 aromatic carbocycles. The first-order valence-corrected chi connectivity index (χ1v) is 5.60. The van der Waals surface area contributed by atoms with E-state index in [0.29, 0.717) is 5.41 Å². The van der Waals surface area contributed by atoms with E-state index in [1.165, 1.54) is 16.8 Å². The quantitative estimate of drug-likeness (QED) is 0.649. The summed E-state index contributed by atoms with van der Waals surface area (Å²) in [5.41, 5.74) is 5.58. The predicted molar refractivity (Wildman–Crippen MR) is 62.2 cm³/mol. The number of hydrogen-bond donors (Lipinski definition) is 0. The van der Waals surface area contributed by atoms with Crippen molar-refractivity contribution in [3.05, 3.63) is 22.5 Å². The topological polar surface area (TPSA) is 25.8 Å². The van der Waals surface area contributed by atoms with Crippen molar-refractivity contribution in [3.63, 3.8) is 0 Å². The van der Waals surface area contributed by atoms with Crippen LogP contribution in [0.25, 0.3) is 0 Å². The van der Waals surface area contributed by atoms with E-state index >= 15 is 0 Å². The molecule has 1 aromatic rings. The molecule has 1 heterocycles. The van der Waals surface area contributed by atoms with Gasteiger partial charge in [0, 0.05) is 5.41 Å². The van der Waals surface area contributed by atoms with Crippen molar-refractivity contribution >= 4 is 0 Å². The highest BCUT2D eigenvalue weighted by Crippen LogP contribution is 2.45. The zero-order valence-electron chi connectivity index (χ0n) is 10.6. The second-order valence-corrected chi connectivity index (χ2v) is 6.30. The van der Waals surface area contributed by atoms with E-state index in [1.807, 2.05) is 0 Å². The Morgan fingerprint density at radius 3 is 2.20 bits per heavy atom. The van der Waals surface area contributed by atoms with Crippen LogP contribution < -0.4 is 0 Å². The van der Waals surface area contributed by atoms with Crippen LogP contribution >= 0.6 is 0 Å². The van der Waals surface area contributed by atoms with Crippen molar-refractivity contribution in [2.75, 3.05) is 0 Å². The molecule has 1 aromatic heterocycles. The van der Waals surface area contributed by atoms with Crippen LogP contribution in [0.1, 0.15) is 57.1 Å². The van der Waals surface area contributed by atoms with Crippen molar-refractivity contribution in [3.8, 4) is 0 Å². The van der Waals surface area contributed by atoms with Gasteiger partial charge in [0.2, 0.25) is 0 Å². The predicted octanol–water partition coefficient (Wildman–Crippen LogP) is 2.92. The van der Waals surface area contributed by atoms with E-state index in [-0.39, 0.29) is 5.41 Å². The maximum Gasteiger partial charge on any atom is 0.0719 e. The van der Waals surface area contributed by atoms with Gasteiger partial charge in [-0.3, -0.25) is 0 Å².